The summed E-state index contributed by atoms with van der Waals surface area (Å²) in [4.78, 5) is 0. The van der Waals surface area contributed by atoms with Crippen molar-refractivity contribution in [2.24, 2.45) is 11.7 Å². The number of hydrogen-bond acceptors (Lipinski definition) is 1. The minimum atomic E-state index is 0.323. The molecule has 2 aromatic carbocycles. The number of benzene rings is 2. The summed E-state index contributed by atoms with van der Waals surface area (Å²) in [6.45, 7) is 0. The molecule has 1 unspecified atom stereocenters. The van der Waals surface area contributed by atoms with Crippen molar-refractivity contribution in [2.75, 3.05) is 0 Å². The van der Waals surface area contributed by atoms with Gasteiger partial charge in [-0.05, 0) is 41.5 Å². The van der Waals surface area contributed by atoms with Gasteiger partial charge in [-0.3, -0.25) is 0 Å². The molecule has 0 spiro atoms. The number of fused-ring (bicyclic) bond motifs is 1. The highest BCUT2D eigenvalue weighted by Crippen LogP contribution is 2.26. The Morgan fingerprint density at radius 3 is 2.29 bits per heavy atom. The smallest absolute Gasteiger partial charge is 0.0108 e. The van der Waals surface area contributed by atoms with Gasteiger partial charge in [-0.2, -0.15) is 0 Å². The zero-order valence-electron chi connectivity index (χ0n) is 12.9. The fourth-order valence-electron chi connectivity index (χ4n) is 3.72. The van der Waals surface area contributed by atoms with Gasteiger partial charge in [0.15, 0.2) is 0 Å². The van der Waals surface area contributed by atoms with E-state index in [0.29, 0.717) is 6.04 Å². The van der Waals surface area contributed by atoms with Crippen molar-refractivity contribution in [3.05, 3.63) is 48.0 Å². The molecule has 3 rings (SSSR count). The van der Waals surface area contributed by atoms with E-state index in [4.69, 9.17) is 5.73 Å². The average Bonchev–Trinajstić information content (AvgIpc) is 2.46. The molecule has 21 heavy (non-hydrogen) atoms. The maximum Gasteiger partial charge on any atom is 0.0108 e. The van der Waals surface area contributed by atoms with Gasteiger partial charge in [0, 0.05) is 6.04 Å². The average molecular weight is 281 g/mol. The highest BCUT2D eigenvalue weighted by Gasteiger charge is 2.19. The topological polar surface area (TPSA) is 26.0 Å². The molecule has 2 N–H and O–H groups in total. The van der Waals surface area contributed by atoms with E-state index in [9.17, 15) is 0 Å². The largest absolute Gasteiger partial charge is 0.327 e. The third-order valence-electron chi connectivity index (χ3n) is 5.04. The van der Waals surface area contributed by atoms with Crippen LogP contribution in [0.5, 0.6) is 0 Å². The molecule has 1 fully saturated rings. The molecule has 0 radical (unpaired) electrons. The van der Waals surface area contributed by atoms with E-state index in [1.54, 1.807) is 0 Å². The van der Waals surface area contributed by atoms with Gasteiger partial charge in [0.1, 0.15) is 0 Å². The summed E-state index contributed by atoms with van der Waals surface area (Å²) in [6, 6.07) is 15.7. The van der Waals surface area contributed by atoms with E-state index >= 15 is 0 Å². The van der Waals surface area contributed by atoms with Gasteiger partial charge in [0.05, 0.1) is 0 Å². The van der Waals surface area contributed by atoms with Crippen LogP contribution in [0, 0.1) is 5.92 Å². The van der Waals surface area contributed by atoms with Crippen LogP contribution in [0.4, 0.5) is 0 Å². The minimum absolute atomic E-state index is 0.323. The van der Waals surface area contributed by atoms with E-state index in [1.807, 2.05) is 0 Å². The van der Waals surface area contributed by atoms with Crippen molar-refractivity contribution in [3.8, 4) is 0 Å². The van der Waals surface area contributed by atoms with Crippen LogP contribution in [0.25, 0.3) is 10.8 Å². The van der Waals surface area contributed by atoms with Gasteiger partial charge in [-0.25, -0.2) is 0 Å². The summed E-state index contributed by atoms with van der Waals surface area (Å²) < 4.78 is 0. The number of nitrogens with two attached hydrogens (primary N) is 1. The molecule has 0 heterocycles. The minimum Gasteiger partial charge on any atom is -0.327 e. The van der Waals surface area contributed by atoms with Crippen LogP contribution in [0.3, 0.4) is 0 Å². The van der Waals surface area contributed by atoms with Crippen LogP contribution in [-0.4, -0.2) is 6.04 Å². The van der Waals surface area contributed by atoms with Crippen LogP contribution in [-0.2, 0) is 6.42 Å². The van der Waals surface area contributed by atoms with Crippen molar-refractivity contribution in [1.29, 1.82) is 0 Å². The maximum absolute atomic E-state index is 6.54. The lowest BCUT2D eigenvalue weighted by molar-refractivity contribution is 0.322. The van der Waals surface area contributed by atoms with E-state index in [-0.39, 0.29) is 0 Å². The van der Waals surface area contributed by atoms with Crippen molar-refractivity contribution in [1.82, 2.24) is 0 Å². The molecule has 0 bridgehead atoms. The molecular weight excluding hydrogens is 254 g/mol. The van der Waals surface area contributed by atoms with Crippen molar-refractivity contribution in [2.45, 2.75) is 57.4 Å². The molecule has 1 heteroatoms. The molecule has 2 aromatic rings. The zero-order valence-corrected chi connectivity index (χ0v) is 12.9. The molecule has 1 aliphatic carbocycles. The van der Waals surface area contributed by atoms with Crippen LogP contribution in [0.1, 0.15) is 50.5 Å². The fraction of sp³-hybridized carbons (Fsp3) is 0.500. The summed E-state index contributed by atoms with van der Waals surface area (Å²) in [5, 5.41) is 2.65. The first-order valence-electron chi connectivity index (χ1n) is 8.56. The van der Waals surface area contributed by atoms with Gasteiger partial charge in [-0.15, -0.1) is 0 Å². The Morgan fingerprint density at radius 1 is 0.857 bits per heavy atom. The Hall–Kier alpha value is -1.34. The van der Waals surface area contributed by atoms with Gasteiger partial charge in [-0.1, -0.05) is 74.6 Å². The Morgan fingerprint density at radius 2 is 1.52 bits per heavy atom. The Bertz CT molecular complexity index is 567. The molecule has 0 aliphatic heterocycles. The Kier molecular flexibility index (Phi) is 4.92. The van der Waals surface area contributed by atoms with Crippen LogP contribution < -0.4 is 5.73 Å². The van der Waals surface area contributed by atoms with E-state index in [1.165, 1.54) is 61.3 Å². The summed E-state index contributed by atoms with van der Waals surface area (Å²) >= 11 is 0. The molecular formula is C20H27N. The monoisotopic (exact) mass is 281 g/mol. The van der Waals surface area contributed by atoms with Gasteiger partial charge in [0.25, 0.3) is 0 Å². The second kappa shape index (κ2) is 7.09. The third-order valence-corrected chi connectivity index (χ3v) is 5.04. The normalized spacial score (nSPS) is 19.1. The highest BCUT2D eigenvalue weighted by molar-refractivity contribution is 5.82. The van der Waals surface area contributed by atoms with Gasteiger partial charge >= 0.3 is 0 Å². The van der Waals surface area contributed by atoms with E-state index < -0.39 is 0 Å². The molecule has 112 valence electrons. The molecule has 0 saturated heterocycles. The molecule has 1 atom stereocenters. The summed E-state index contributed by atoms with van der Waals surface area (Å²) in [5.41, 5.74) is 7.94. The lowest BCUT2D eigenvalue weighted by Gasteiger charge is -2.26. The quantitative estimate of drug-likeness (QED) is 0.835. The lowest BCUT2D eigenvalue weighted by atomic mass is 9.83. The maximum atomic E-state index is 6.54. The Labute approximate surface area is 128 Å². The van der Waals surface area contributed by atoms with Crippen LogP contribution >= 0.6 is 0 Å². The SMILES string of the molecule is NC(Cc1ccc2ccccc2c1)C1CCCCCCC1. The molecule has 0 aromatic heterocycles. The van der Waals surface area contributed by atoms with E-state index in [2.05, 4.69) is 42.5 Å². The first kappa shape index (κ1) is 14.6. The van der Waals surface area contributed by atoms with Gasteiger partial charge in [0.2, 0.25) is 0 Å². The fourth-order valence-corrected chi connectivity index (χ4v) is 3.72. The molecule has 1 nitrogen and oxygen atoms in total. The molecule has 1 aliphatic rings. The second-order valence-corrected chi connectivity index (χ2v) is 6.65. The van der Waals surface area contributed by atoms with Crippen molar-refractivity contribution >= 4 is 10.8 Å². The third kappa shape index (κ3) is 3.85. The summed E-state index contributed by atoms with van der Waals surface area (Å²) in [6.07, 6.45) is 10.6. The van der Waals surface area contributed by atoms with Crippen molar-refractivity contribution < 1.29 is 0 Å². The molecule has 1 saturated carbocycles. The van der Waals surface area contributed by atoms with Crippen molar-refractivity contribution in [3.63, 3.8) is 0 Å². The number of hydrogen-bond donors (Lipinski definition) is 1. The highest BCUT2D eigenvalue weighted by atomic mass is 14.6. The lowest BCUT2D eigenvalue weighted by Crippen LogP contribution is -2.32. The standard InChI is InChI=1S/C20H27N/c21-20(18-9-4-2-1-3-5-10-18)15-16-12-13-17-8-6-7-11-19(17)14-16/h6-8,11-14,18,20H,1-5,9-10,15,21H2. The number of rotatable bonds is 3. The zero-order chi connectivity index (χ0) is 14.5. The van der Waals surface area contributed by atoms with Crippen LogP contribution in [0.2, 0.25) is 0 Å². The van der Waals surface area contributed by atoms with E-state index in [0.717, 1.165) is 12.3 Å². The first-order valence-corrected chi connectivity index (χ1v) is 8.56. The predicted octanol–water partition coefficient (Wildman–Crippen LogP) is 5.07. The predicted molar refractivity (Wildman–Crippen MR) is 91.4 cm³/mol. The first-order chi connectivity index (χ1) is 10.3. The second-order valence-electron chi connectivity index (χ2n) is 6.65. The van der Waals surface area contributed by atoms with Crippen LogP contribution in [0.15, 0.2) is 42.5 Å². The molecule has 0 amide bonds. The Balaban J connectivity index is 1.68. The van der Waals surface area contributed by atoms with Gasteiger partial charge < -0.3 is 5.73 Å². The summed E-state index contributed by atoms with van der Waals surface area (Å²) in [5.74, 6) is 0.719. The summed E-state index contributed by atoms with van der Waals surface area (Å²) in [7, 11) is 0.